The van der Waals surface area contributed by atoms with Crippen molar-refractivity contribution in [1.29, 1.82) is 0 Å². The largest absolute Gasteiger partial charge is 0.396 e. The van der Waals surface area contributed by atoms with Crippen molar-refractivity contribution < 1.29 is 5.11 Å². The molecular weight excluding hydrogens is 312 g/mol. The third-order valence-electron chi connectivity index (χ3n) is 3.82. The highest BCUT2D eigenvalue weighted by Gasteiger charge is 2.12. The maximum absolute atomic E-state index is 8.82. The Bertz CT molecular complexity index is 787. The van der Waals surface area contributed by atoms with E-state index in [0.717, 1.165) is 42.6 Å². The quantitative estimate of drug-likeness (QED) is 0.582. The molecular formula is C17H19ClN4O. The number of hydrogen-bond acceptors (Lipinski definition) is 4. The van der Waals surface area contributed by atoms with Crippen molar-refractivity contribution in [2.45, 2.75) is 19.4 Å². The van der Waals surface area contributed by atoms with Crippen molar-refractivity contribution in [3.8, 4) is 11.1 Å². The third-order valence-corrected chi connectivity index (χ3v) is 4.20. The number of nitrogens with zero attached hydrogens (tertiary/aromatic N) is 2. The second kappa shape index (κ2) is 7.55. The monoisotopic (exact) mass is 330 g/mol. The molecule has 120 valence electrons. The maximum Gasteiger partial charge on any atom is 0.132 e. The molecule has 0 radical (unpaired) electrons. The summed E-state index contributed by atoms with van der Waals surface area (Å²) in [6.07, 6.45) is 1.79. The molecule has 5 nitrogen and oxygen atoms in total. The van der Waals surface area contributed by atoms with E-state index in [1.54, 1.807) is 0 Å². The van der Waals surface area contributed by atoms with Gasteiger partial charge in [-0.2, -0.15) is 0 Å². The fourth-order valence-corrected chi connectivity index (χ4v) is 2.92. The highest BCUT2D eigenvalue weighted by Crippen LogP contribution is 2.34. The van der Waals surface area contributed by atoms with Crippen LogP contribution < -0.4 is 5.32 Å². The van der Waals surface area contributed by atoms with Crippen LogP contribution in [0.3, 0.4) is 0 Å². The number of fused-ring (bicyclic) bond motifs is 1. The van der Waals surface area contributed by atoms with E-state index in [-0.39, 0.29) is 6.61 Å². The minimum Gasteiger partial charge on any atom is -0.396 e. The zero-order valence-corrected chi connectivity index (χ0v) is 13.5. The van der Waals surface area contributed by atoms with E-state index < -0.39 is 0 Å². The van der Waals surface area contributed by atoms with Crippen LogP contribution in [0, 0.1) is 0 Å². The minimum atomic E-state index is 0.242. The van der Waals surface area contributed by atoms with Gasteiger partial charge in [0, 0.05) is 18.7 Å². The summed E-state index contributed by atoms with van der Waals surface area (Å²) >= 11 is 6.52. The maximum atomic E-state index is 8.82. The first-order chi connectivity index (χ1) is 11.3. The Morgan fingerprint density at radius 2 is 1.96 bits per heavy atom. The first-order valence-corrected chi connectivity index (χ1v) is 8.08. The van der Waals surface area contributed by atoms with Crippen LogP contribution in [0.1, 0.15) is 18.4 Å². The third kappa shape index (κ3) is 3.52. The summed E-state index contributed by atoms with van der Waals surface area (Å²) < 4.78 is 0. The average molecular weight is 331 g/mol. The Hall–Kier alpha value is -1.95. The van der Waals surface area contributed by atoms with Gasteiger partial charge in [-0.3, -0.25) is 5.10 Å². The number of H-pyrrole nitrogens is 1. The van der Waals surface area contributed by atoms with Gasteiger partial charge in [0.15, 0.2) is 0 Å². The smallest absolute Gasteiger partial charge is 0.132 e. The van der Waals surface area contributed by atoms with Crippen molar-refractivity contribution in [2.24, 2.45) is 0 Å². The summed E-state index contributed by atoms with van der Waals surface area (Å²) in [5.74, 6) is 0. The van der Waals surface area contributed by atoms with Gasteiger partial charge in [0.2, 0.25) is 0 Å². The normalized spacial score (nSPS) is 11.2. The Labute approximate surface area is 139 Å². The summed E-state index contributed by atoms with van der Waals surface area (Å²) in [6, 6.07) is 12.1. The molecule has 0 saturated carbocycles. The zero-order chi connectivity index (χ0) is 16.1. The lowest BCUT2D eigenvalue weighted by Crippen LogP contribution is -2.15. The second-order valence-electron chi connectivity index (χ2n) is 5.40. The highest BCUT2D eigenvalue weighted by molar-refractivity contribution is 6.37. The molecule has 3 N–H and O–H groups in total. The van der Waals surface area contributed by atoms with Crippen LogP contribution in [0.4, 0.5) is 0 Å². The van der Waals surface area contributed by atoms with Crippen molar-refractivity contribution >= 4 is 22.6 Å². The number of aromatic amines is 1. The number of rotatable bonds is 7. The van der Waals surface area contributed by atoms with Gasteiger partial charge in [0.05, 0.1) is 10.5 Å². The van der Waals surface area contributed by atoms with Crippen molar-refractivity contribution in [1.82, 2.24) is 20.7 Å². The van der Waals surface area contributed by atoms with E-state index in [2.05, 4.69) is 32.9 Å². The average Bonchev–Trinajstić information content (AvgIpc) is 3.05. The zero-order valence-electron chi connectivity index (χ0n) is 12.7. The van der Waals surface area contributed by atoms with Gasteiger partial charge in [-0.15, -0.1) is 5.10 Å². The number of halogens is 1. The van der Waals surface area contributed by atoms with E-state index in [9.17, 15) is 0 Å². The SMILES string of the molecule is OCCCCNCc1ccccc1-c1ccc2[nH]nnc2c1Cl. The second-order valence-corrected chi connectivity index (χ2v) is 5.78. The van der Waals surface area contributed by atoms with Crippen LogP contribution in [-0.4, -0.2) is 33.7 Å². The number of nitrogens with one attached hydrogen (secondary N) is 2. The van der Waals surface area contributed by atoms with Gasteiger partial charge in [0.25, 0.3) is 0 Å². The van der Waals surface area contributed by atoms with E-state index in [0.29, 0.717) is 10.5 Å². The topological polar surface area (TPSA) is 73.8 Å². The number of hydrogen-bond donors (Lipinski definition) is 3. The molecule has 0 unspecified atom stereocenters. The molecule has 2 aromatic carbocycles. The fraction of sp³-hybridized carbons (Fsp3) is 0.294. The predicted molar refractivity (Wildman–Crippen MR) is 92.4 cm³/mol. The molecule has 3 rings (SSSR count). The Morgan fingerprint density at radius 1 is 1.09 bits per heavy atom. The molecule has 0 aliphatic rings. The highest BCUT2D eigenvalue weighted by atomic mass is 35.5. The van der Waals surface area contributed by atoms with Crippen LogP contribution in [0.25, 0.3) is 22.2 Å². The van der Waals surface area contributed by atoms with Gasteiger partial charge in [-0.05, 0) is 36.6 Å². The van der Waals surface area contributed by atoms with E-state index in [1.807, 2.05) is 24.3 Å². The summed E-state index contributed by atoms with van der Waals surface area (Å²) in [5, 5.41) is 23.5. The van der Waals surface area contributed by atoms with Gasteiger partial charge >= 0.3 is 0 Å². The van der Waals surface area contributed by atoms with Gasteiger partial charge in [-0.25, -0.2) is 0 Å². The van der Waals surface area contributed by atoms with E-state index >= 15 is 0 Å². The molecule has 0 aliphatic heterocycles. The molecule has 0 atom stereocenters. The molecule has 0 spiro atoms. The molecule has 0 amide bonds. The Balaban J connectivity index is 1.85. The van der Waals surface area contributed by atoms with E-state index in [1.165, 1.54) is 5.56 Å². The molecule has 1 aromatic heterocycles. The van der Waals surface area contributed by atoms with Crippen LogP contribution in [-0.2, 0) is 6.54 Å². The lowest BCUT2D eigenvalue weighted by atomic mass is 9.99. The van der Waals surface area contributed by atoms with Crippen molar-refractivity contribution in [3.05, 3.63) is 47.0 Å². The predicted octanol–water partition coefficient (Wildman–Crippen LogP) is 3.14. The molecule has 23 heavy (non-hydrogen) atoms. The summed E-state index contributed by atoms with van der Waals surface area (Å²) in [5.41, 5.74) is 4.76. The number of aliphatic hydroxyl groups is 1. The van der Waals surface area contributed by atoms with Crippen LogP contribution >= 0.6 is 11.6 Å². The number of aromatic nitrogens is 3. The Morgan fingerprint density at radius 3 is 2.83 bits per heavy atom. The number of unbranched alkanes of at least 4 members (excludes halogenated alkanes) is 1. The summed E-state index contributed by atoms with van der Waals surface area (Å²) in [7, 11) is 0. The lowest BCUT2D eigenvalue weighted by molar-refractivity contribution is 0.283. The van der Waals surface area contributed by atoms with E-state index in [4.69, 9.17) is 16.7 Å². The molecule has 0 fully saturated rings. The van der Waals surface area contributed by atoms with Crippen LogP contribution in [0.2, 0.25) is 5.02 Å². The Kier molecular flexibility index (Phi) is 5.23. The first-order valence-electron chi connectivity index (χ1n) is 7.70. The molecule has 0 saturated heterocycles. The van der Waals surface area contributed by atoms with Crippen molar-refractivity contribution in [2.75, 3.05) is 13.2 Å². The number of benzene rings is 2. The van der Waals surface area contributed by atoms with Crippen molar-refractivity contribution in [3.63, 3.8) is 0 Å². The van der Waals surface area contributed by atoms with Gasteiger partial charge < -0.3 is 10.4 Å². The molecule has 0 bridgehead atoms. The van der Waals surface area contributed by atoms with Gasteiger partial charge in [0.1, 0.15) is 5.52 Å². The summed E-state index contributed by atoms with van der Waals surface area (Å²) in [6.45, 7) is 1.88. The number of aliphatic hydroxyl groups excluding tert-OH is 1. The first kappa shape index (κ1) is 15.9. The van der Waals surface area contributed by atoms with Crippen LogP contribution in [0.15, 0.2) is 36.4 Å². The van der Waals surface area contributed by atoms with Gasteiger partial charge in [-0.1, -0.05) is 47.1 Å². The molecule has 0 aliphatic carbocycles. The van der Waals surface area contributed by atoms with Crippen LogP contribution in [0.5, 0.6) is 0 Å². The standard InChI is InChI=1S/C17H19ClN4O/c18-16-14(7-8-15-17(16)21-22-20-15)13-6-2-1-5-12(13)11-19-9-3-4-10-23/h1-2,5-8,19,23H,3-4,9-11H2,(H,20,21,22). The molecule has 1 heterocycles. The lowest BCUT2D eigenvalue weighted by Gasteiger charge is -2.12. The summed E-state index contributed by atoms with van der Waals surface area (Å²) in [4.78, 5) is 0. The fourth-order valence-electron chi connectivity index (χ4n) is 2.61. The molecule has 3 aromatic rings. The molecule has 6 heteroatoms. The minimum absolute atomic E-state index is 0.242.